The minimum atomic E-state index is -0.411. The quantitative estimate of drug-likeness (QED) is 0.921. The summed E-state index contributed by atoms with van der Waals surface area (Å²) in [7, 11) is 4.63. The molecule has 0 aliphatic carbocycles. The van der Waals surface area contributed by atoms with Crippen LogP contribution < -0.4 is 14.8 Å². The molecule has 2 rings (SSSR count). The van der Waals surface area contributed by atoms with Gasteiger partial charge in [-0.05, 0) is 18.2 Å². The molecule has 0 bridgehead atoms. The molecule has 21 heavy (non-hydrogen) atoms. The van der Waals surface area contributed by atoms with Crippen LogP contribution in [0.15, 0.2) is 24.4 Å². The average molecular weight is 286 g/mol. The van der Waals surface area contributed by atoms with E-state index >= 15 is 0 Å². The molecule has 0 spiro atoms. The van der Waals surface area contributed by atoms with E-state index in [9.17, 15) is 4.79 Å². The van der Waals surface area contributed by atoms with Gasteiger partial charge in [0.25, 0.3) is 5.91 Å². The number of hydrogen-bond donors (Lipinski definition) is 1. The number of nitrogens with one attached hydrogen (secondary N) is 1. The number of aromatic nitrogens is 2. The molecule has 1 aromatic carbocycles. The van der Waals surface area contributed by atoms with Crippen molar-refractivity contribution >= 4 is 11.7 Å². The van der Waals surface area contributed by atoms with Gasteiger partial charge in [0.2, 0.25) is 0 Å². The summed E-state index contributed by atoms with van der Waals surface area (Å²) in [5.74, 6) is 0.860. The molecule has 108 valence electrons. The van der Waals surface area contributed by atoms with Gasteiger partial charge in [0.05, 0.1) is 26.0 Å². The van der Waals surface area contributed by atoms with E-state index in [0.29, 0.717) is 22.9 Å². The molecule has 1 aromatic heterocycles. The molecule has 0 saturated heterocycles. The number of nitriles is 1. The second-order valence-electron chi connectivity index (χ2n) is 4.16. The third-order valence-electron chi connectivity index (χ3n) is 2.94. The van der Waals surface area contributed by atoms with Gasteiger partial charge in [0.1, 0.15) is 28.9 Å². The van der Waals surface area contributed by atoms with Crippen molar-refractivity contribution in [2.75, 3.05) is 19.5 Å². The molecule has 0 fully saturated rings. The lowest BCUT2D eigenvalue weighted by molar-refractivity contribution is 0.102. The Hall–Kier alpha value is -3.01. The first-order valence-electron chi connectivity index (χ1n) is 6.06. The van der Waals surface area contributed by atoms with E-state index in [2.05, 4.69) is 10.4 Å². The van der Waals surface area contributed by atoms with Crippen LogP contribution in [0.5, 0.6) is 11.5 Å². The lowest BCUT2D eigenvalue weighted by atomic mass is 10.1. The van der Waals surface area contributed by atoms with Crippen molar-refractivity contribution in [1.29, 1.82) is 5.26 Å². The van der Waals surface area contributed by atoms with Crippen LogP contribution in [0.3, 0.4) is 0 Å². The smallest absolute Gasteiger partial charge is 0.260 e. The molecule has 0 saturated carbocycles. The first-order valence-corrected chi connectivity index (χ1v) is 6.06. The lowest BCUT2D eigenvalue weighted by Gasteiger charge is -2.11. The van der Waals surface area contributed by atoms with Crippen molar-refractivity contribution < 1.29 is 14.3 Å². The molecule has 7 nitrogen and oxygen atoms in total. The molecule has 0 radical (unpaired) electrons. The molecular weight excluding hydrogens is 272 g/mol. The molecule has 0 aliphatic rings. The van der Waals surface area contributed by atoms with Gasteiger partial charge < -0.3 is 14.8 Å². The van der Waals surface area contributed by atoms with Crippen LogP contribution in [0.1, 0.15) is 15.9 Å². The highest BCUT2D eigenvalue weighted by Crippen LogP contribution is 2.25. The van der Waals surface area contributed by atoms with E-state index in [4.69, 9.17) is 14.7 Å². The number of ether oxygens (including phenoxy) is 2. The third kappa shape index (κ3) is 2.79. The van der Waals surface area contributed by atoms with E-state index in [1.165, 1.54) is 25.1 Å². The normalized spacial score (nSPS) is 9.81. The Balaban J connectivity index is 2.36. The largest absolute Gasteiger partial charge is 0.497 e. The second kappa shape index (κ2) is 5.96. The second-order valence-corrected chi connectivity index (χ2v) is 4.16. The van der Waals surface area contributed by atoms with Gasteiger partial charge in [-0.15, -0.1) is 0 Å². The predicted molar refractivity (Wildman–Crippen MR) is 75.4 cm³/mol. The Morgan fingerprint density at radius 1 is 1.38 bits per heavy atom. The molecule has 7 heteroatoms. The predicted octanol–water partition coefficient (Wildman–Crippen LogP) is 1.56. The fourth-order valence-electron chi connectivity index (χ4n) is 1.83. The fourth-order valence-corrected chi connectivity index (χ4v) is 1.83. The number of anilines is 1. The minimum Gasteiger partial charge on any atom is -0.497 e. The van der Waals surface area contributed by atoms with Crippen molar-refractivity contribution in [2.45, 2.75) is 0 Å². The van der Waals surface area contributed by atoms with Crippen LogP contribution in [-0.4, -0.2) is 29.9 Å². The summed E-state index contributed by atoms with van der Waals surface area (Å²) in [5, 5.41) is 15.6. The van der Waals surface area contributed by atoms with E-state index in [-0.39, 0.29) is 5.56 Å². The zero-order valence-electron chi connectivity index (χ0n) is 11.9. The topological polar surface area (TPSA) is 89.2 Å². The molecular formula is C14H14N4O3. The van der Waals surface area contributed by atoms with Crippen molar-refractivity contribution in [3.8, 4) is 17.6 Å². The number of nitrogens with zero attached hydrogens (tertiary/aromatic N) is 3. The highest BCUT2D eigenvalue weighted by molar-refractivity contribution is 6.06. The van der Waals surface area contributed by atoms with Crippen molar-refractivity contribution in [2.24, 2.45) is 7.05 Å². The number of amides is 1. The summed E-state index contributed by atoms with van der Waals surface area (Å²) in [4.78, 5) is 12.4. The first-order chi connectivity index (χ1) is 10.1. The summed E-state index contributed by atoms with van der Waals surface area (Å²) in [5.41, 5.74) is 0.592. The molecule has 2 aromatic rings. The molecule has 0 unspecified atom stereocenters. The van der Waals surface area contributed by atoms with Gasteiger partial charge in [0.15, 0.2) is 0 Å². The van der Waals surface area contributed by atoms with Crippen molar-refractivity contribution in [3.63, 3.8) is 0 Å². The minimum absolute atomic E-state index is 0.285. The van der Waals surface area contributed by atoms with Crippen LogP contribution in [0.25, 0.3) is 0 Å². The van der Waals surface area contributed by atoms with Gasteiger partial charge in [-0.1, -0.05) is 0 Å². The van der Waals surface area contributed by atoms with E-state index in [0.717, 1.165) is 0 Å². The van der Waals surface area contributed by atoms with Gasteiger partial charge in [-0.3, -0.25) is 9.48 Å². The van der Waals surface area contributed by atoms with E-state index in [1.807, 2.05) is 6.07 Å². The fraction of sp³-hybridized carbons (Fsp3) is 0.214. The summed E-state index contributed by atoms with van der Waals surface area (Å²) in [6.07, 6.45) is 1.39. The Morgan fingerprint density at radius 3 is 2.76 bits per heavy atom. The SMILES string of the molecule is COc1ccc(OC)c(C(=O)Nc2c(C#N)cnn2C)c1. The molecule has 1 amide bonds. The molecule has 1 heterocycles. The monoisotopic (exact) mass is 286 g/mol. The van der Waals surface area contributed by atoms with Crippen LogP contribution >= 0.6 is 0 Å². The van der Waals surface area contributed by atoms with Crippen LogP contribution in [-0.2, 0) is 7.05 Å². The maximum Gasteiger partial charge on any atom is 0.260 e. The third-order valence-corrected chi connectivity index (χ3v) is 2.94. The van der Waals surface area contributed by atoms with E-state index in [1.54, 1.807) is 25.2 Å². The summed E-state index contributed by atoms with van der Waals surface area (Å²) < 4.78 is 11.7. The summed E-state index contributed by atoms with van der Waals surface area (Å²) in [6, 6.07) is 6.87. The van der Waals surface area contributed by atoms with Gasteiger partial charge in [-0.2, -0.15) is 10.4 Å². The van der Waals surface area contributed by atoms with Crippen LogP contribution in [0.2, 0.25) is 0 Å². The Morgan fingerprint density at radius 2 is 2.14 bits per heavy atom. The number of carbonyl (C=O) groups is 1. The Bertz CT molecular complexity index is 715. The standard InChI is InChI=1S/C14H14N4O3/c1-18-13(9(7-15)8-16-18)17-14(19)11-6-10(20-2)4-5-12(11)21-3/h4-6,8H,1-3H3,(H,17,19). The number of aryl methyl sites for hydroxylation is 1. The number of methoxy groups -OCH3 is 2. The highest BCUT2D eigenvalue weighted by atomic mass is 16.5. The van der Waals surface area contributed by atoms with Gasteiger partial charge in [0, 0.05) is 7.05 Å². The lowest BCUT2D eigenvalue weighted by Crippen LogP contribution is -2.16. The Kier molecular flexibility index (Phi) is 4.09. The zero-order valence-corrected chi connectivity index (χ0v) is 11.9. The summed E-state index contributed by atoms with van der Waals surface area (Å²) >= 11 is 0. The summed E-state index contributed by atoms with van der Waals surface area (Å²) in [6.45, 7) is 0. The van der Waals surface area contributed by atoms with E-state index < -0.39 is 5.91 Å². The number of hydrogen-bond acceptors (Lipinski definition) is 5. The van der Waals surface area contributed by atoms with Crippen molar-refractivity contribution in [1.82, 2.24) is 9.78 Å². The Labute approximate surface area is 121 Å². The first kappa shape index (κ1) is 14.4. The molecule has 0 atom stereocenters. The van der Waals surface area contributed by atoms with Crippen LogP contribution in [0, 0.1) is 11.3 Å². The number of benzene rings is 1. The maximum absolute atomic E-state index is 12.4. The highest BCUT2D eigenvalue weighted by Gasteiger charge is 2.17. The van der Waals surface area contributed by atoms with Gasteiger partial charge >= 0.3 is 0 Å². The maximum atomic E-state index is 12.4. The zero-order chi connectivity index (χ0) is 15.4. The number of carbonyl (C=O) groups excluding carboxylic acids is 1. The number of rotatable bonds is 4. The molecule has 0 aliphatic heterocycles. The van der Waals surface area contributed by atoms with Crippen LogP contribution in [0.4, 0.5) is 5.82 Å². The average Bonchev–Trinajstić information content (AvgIpc) is 2.86. The van der Waals surface area contributed by atoms with Crippen molar-refractivity contribution in [3.05, 3.63) is 35.5 Å². The van der Waals surface area contributed by atoms with Gasteiger partial charge in [-0.25, -0.2) is 0 Å². The molecule has 1 N–H and O–H groups in total.